The zero-order valence-electron chi connectivity index (χ0n) is 14.1. The number of nitrogens with one attached hydrogen (secondary N) is 1. The summed E-state index contributed by atoms with van der Waals surface area (Å²) in [5, 5.41) is 4.40. The van der Waals surface area contributed by atoms with Gasteiger partial charge in [-0.1, -0.05) is 11.6 Å². The number of carbonyl (C=O) groups excluding carboxylic acids is 2. The van der Waals surface area contributed by atoms with E-state index >= 15 is 0 Å². The van der Waals surface area contributed by atoms with Crippen LogP contribution >= 0.6 is 22.9 Å². The molecule has 3 aromatic rings. The van der Waals surface area contributed by atoms with Crippen LogP contribution in [0.4, 0.5) is 15.8 Å². The number of carbonyl (C=O) groups is 2. The van der Waals surface area contributed by atoms with Gasteiger partial charge >= 0.3 is 0 Å². The highest BCUT2D eigenvalue weighted by molar-refractivity contribution is 7.14. The lowest BCUT2D eigenvalue weighted by molar-refractivity contribution is 0.0954. The van der Waals surface area contributed by atoms with Crippen LogP contribution in [0.3, 0.4) is 0 Å². The van der Waals surface area contributed by atoms with Gasteiger partial charge in [-0.3, -0.25) is 14.6 Å². The average molecular weight is 405 g/mol. The van der Waals surface area contributed by atoms with E-state index in [4.69, 9.17) is 11.6 Å². The van der Waals surface area contributed by atoms with Crippen molar-refractivity contribution in [1.29, 1.82) is 0 Å². The molecule has 1 atom stereocenters. The lowest BCUT2D eigenvalue weighted by Crippen LogP contribution is -2.42. The monoisotopic (exact) mass is 404 g/mol. The number of fused-ring (bicyclic) bond motifs is 1. The number of pyridine rings is 1. The first-order chi connectivity index (χ1) is 13.0. The Bertz CT molecular complexity index is 1030. The topological polar surface area (TPSA) is 67.2 Å². The molecule has 138 valence electrons. The molecular formula is C18H14ClFN4O2S. The van der Waals surface area contributed by atoms with Gasteiger partial charge in [-0.25, -0.2) is 0 Å². The maximum Gasteiger partial charge on any atom is 0.277 e. The molecule has 2 amide bonds. The van der Waals surface area contributed by atoms with E-state index in [1.165, 1.54) is 28.2 Å². The van der Waals surface area contributed by atoms with Crippen LogP contribution < -0.4 is 10.2 Å². The summed E-state index contributed by atoms with van der Waals surface area (Å²) in [6, 6.07) is 5.77. The average Bonchev–Trinajstić information content (AvgIpc) is 3.22. The van der Waals surface area contributed by atoms with E-state index in [0.717, 1.165) is 0 Å². The lowest BCUT2D eigenvalue weighted by Gasteiger charge is -2.32. The van der Waals surface area contributed by atoms with E-state index in [0.29, 0.717) is 22.1 Å². The first-order valence-corrected chi connectivity index (χ1v) is 9.39. The van der Waals surface area contributed by atoms with Crippen LogP contribution in [0.2, 0.25) is 4.34 Å². The number of hydrogen-bond acceptors (Lipinski definition) is 4. The van der Waals surface area contributed by atoms with E-state index < -0.39 is 17.8 Å². The van der Waals surface area contributed by atoms with E-state index in [2.05, 4.69) is 10.3 Å². The van der Waals surface area contributed by atoms with Gasteiger partial charge in [0.05, 0.1) is 27.3 Å². The third-order valence-electron chi connectivity index (χ3n) is 4.36. The van der Waals surface area contributed by atoms with E-state index in [1.807, 2.05) is 6.92 Å². The molecule has 1 N–H and O–H groups in total. The lowest BCUT2D eigenvalue weighted by atomic mass is 10.1. The highest BCUT2D eigenvalue weighted by Crippen LogP contribution is 2.35. The second-order valence-corrected chi connectivity index (χ2v) is 7.71. The van der Waals surface area contributed by atoms with Gasteiger partial charge in [0.25, 0.3) is 11.8 Å². The van der Waals surface area contributed by atoms with E-state index in [1.54, 1.807) is 34.7 Å². The molecule has 4 heterocycles. The molecule has 0 aliphatic carbocycles. The normalized spacial score (nSPS) is 16.3. The van der Waals surface area contributed by atoms with Crippen molar-refractivity contribution in [2.45, 2.75) is 13.0 Å². The third kappa shape index (κ3) is 3.11. The van der Waals surface area contributed by atoms with Crippen molar-refractivity contribution in [3.8, 4) is 0 Å². The number of anilines is 2. The molecular weight excluding hydrogens is 391 g/mol. The van der Waals surface area contributed by atoms with Crippen molar-refractivity contribution in [3.63, 3.8) is 0 Å². The number of aromatic nitrogens is 2. The first-order valence-electron chi connectivity index (χ1n) is 8.13. The maximum absolute atomic E-state index is 14.5. The fourth-order valence-corrected chi connectivity index (χ4v) is 4.01. The summed E-state index contributed by atoms with van der Waals surface area (Å²) in [6.45, 7) is 2.12. The number of halogens is 2. The van der Waals surface area contributed by atoms with Crippen molar-refractivity contribution < 1.29 is 14.0 Å². The molecule has 0 spiro atoms. The van der Waals surface area contributed by atoms with Crippen LogP contribution in [0, 0.1) is 5.95 Å². The molecule has 1 aliphatic rings. The van der Waals surface area contributed by atoms with Crippen molar-refractivity contribution >= 4 is 46.1 Å². The second-order valence-electron chi connectivity index (χ2n) is 6.17. The predicted molar refractivity (Wildman–Crippen MR) is 102 cm³/mol. The third-order valence-corrected chi connectivity index (χ3v) is 5.44. The Balaban J connectivity index is 1.72. The number of hydrogen-bond donors (Lipinski definition) is 1. The van der Waals surface area contributed by atoms with Crippen molar-refractivity contribution in [2.75, 3.05) is 16.8 Å². The fraction of sp³-hybridized carbons (Fsp3) is 0.167. The van der Waals surface area contributed by atoms with Crippen LogP contribution in [-0.2, 0) is 0 Å². The van der Waals surface area contributed by atoms with Crippen molar-refractivity contribution in [1.82, 2.24) is 9.55 Å². The molecule has 0 unspecified atom stereocenters. The molecule has 27 heavy (non-hydrogen) atoms. The fourth-order valence-electron chi connectivity index (χ4n) is 3.15. The van der Waals surface area contributed by atoms with Crippen LogP contribution in [0.25, 0.3) is 0 Å². The SMILES string of the molecule is C[C@H]1CN(c2csc(Cl)c2)C(=O)c2c(NC(=O)c3cccnc3)cc(F)n21. The van der Waals surface area contributed by atoms with Crippen LogP contribution in [0.1, 0.15) is 33.8 Å². The van der Waals surface area contributed by atoms with Gasteiger partial charge in [-0.15, -0.1) is 11.3 Å². The summed E-state index contributed by atoms with van der Waals surface area (Å²) in [4.78, 5) is 30.9. The minimum absolute atomic E-state index is 0.103. The summed E-state index contributed by atoms with van der Waals surface area (Å²) < 4.78 is 16.4. The van der Waals surface area contributed by atoms with Gasteiger partial charge in [0.1, 0.15) is 5.69 Å². The molecule has 0 fully saturated rings. The quantitative estimate of drug-likeness (QED) is 0.711. The smallest absolute Gasteiger partial charge is 0.277 e. The van der Waals surface area contributed by atoms with Gasteiger partial charge in [0, 0.05) is 30.4 Å². The second kappa shape index (κ2) is 6.79. The zero-order valence-corrected chi connectivity index (χ0v) is 15.7. The molecule has 0 radical (unpaired) electrons. The highest BCUT2D eigenvalue weighted by atomic mass is 35.5. The van der Waals surface area contributed by atoms with Gasteiger partial charge in [-0.2, -0.15) is 4.39 Å². The summed E-state index contributed by atoms with van der Waals surface area (Å²) in [5.41, 5.74) is 1.20. The summed E-state index contributed by atoms with van der Waals surface area (Å²) in [6.07, 6.45) is 2.95. The van der Waals surface area contributed by atoms with Crippen molar-refractivity contribution in [2.24, 2.45) is 0 Å². The Kier molecular flexibility index (Phi) is 4.45. The molecule has 1 aliphatic heterocycles. The van der Waals surface area contributed by atoms with Gasteiger partial charge in [0.15, 0.2) is 5.95 Å². The van der Waals surface area contributed by atoms with Gasteiger partial charge < -0.3 is 14.8 Å². The number of thiophene rings is 1. The molecule has 0 saturated heterocycles. The van der Waals surface area contributed by atoms with Crippen LogP contribution in [-0.4, -0.2) is 27.9 Å². The molecule has 0 bridgehead atoms. The Hall–Kier alpha value is -2.71. The number of amides is 2. The van der Waals surface area contributed by atoms with Crippen LogP contribution in [0.15, 0.2) is 42.0 Å². The zero-order chi connectivity index (χ0) is 19.1. The molecule has 4 rings (SSSR count). The maximum atomic E-state index is 14.5. The minimum atomic E-state index is -0.574. The van der Waals surface area contributed by atoms with E-state index in [9.17, 15) is 14.0 Å². The Labute approximate surface area is 163 Å². The van der Waals surface area contributed by atoms with Crippen molar-refractivity contribution in [3.05, 3.63) is 63.6 Å². The highest BCUT2D eigenvalue weighted by Gasteiger charge is 2.35. The van der Waals surface area contributed by atoms with Gasteiger partial charge in [0.2, 0.25) is 0 Å². The number of rotatable bonds is 3. The number of nitrogens with zero attached hydrogens (tertiary/aromatic N) is 3. The largest absolute Gasteiger partial charge is 0.320 e. The Morgan fingerprint density at radius 3 is 2.93 bits per heavy atom. The summed E-state index contributed by atoms with van der Waals surface area (Å²) >= 11 is 7.30. The molecule has 9 heteroatoms. The first kappa shape index (κ1) is 17.7. The van der Waals surface area contributed by atoms with Gasteiger partial charge in [-0.05, 0) is 25.1 Å². The molecule has 0 saturated carbocycles. The molecule has 3 aromatic heterocycles. The predicted octanol–water partition coefficient (Wildman–Crippen LogP) is 4.21. The van der Waals surface area contributed by atoms with E-state index in [-0.39, 0.29) is 17.4 Å². The Morgan fingerprint density at radius 1 is 1.44 bits per heavy atom. The minimum Gasteiger partial charge on any atom is -0.320 e. The summed E-state index contributed by atoms with van der Waals surface area (Å²) in [7, 11) is 0. The Morgan fingerprint density at radius 2 is 2.26 bits per heavy atom. The molecule has 6 nitrogen and oxygen atoms in total. The standard InChI is InChI=1S/C18H14ClFN4O2S/c1-10-8-23(12-5-14(19)27-9-12)18(26)16-13(6-15(20)24(10)16)22-17(25)11-3-2-4-21-7-11/h2-7,9-10H,8H2,1H3,(H,22,25)/t10-/m0/s1. The van der Waals surface area contributed by atoms with Crippen LogP contribution in [0.5, 0.6) is 0 Å². The summed E-state index contributed by atoms with van der Waals surface area (Å²) in [5.74, 6) is -1.43. The molecule has 0 aromatic carbocycles.